The smallest absolute Gasteiger partial charge is 0.199 e. The Morgan fingerprint density at radius 3 is 2.39 bits per heavy atom. The van der Waals surface area contributed by atoms with Crippen molar-refractivity contribution in [1.82, 2.24) is 0 Å². The maximum Gasteiger partial charge on any atom is 0.199 e. The molecule has 0 radical (unpaired) electrons. The zero-order chi connectivity index (χ0) is 13.2. The van der Waals surface area contributed by atoms with Gasteiger partial charge in [0, 0.05) is 12.3 Å². The SMILES string of the molecule is COc1cc(C)c(C)cc1C1(CCCl)OCCO1. The molecule has 0 aromatic heterocycles. The van der Waals surface area contributed by atoms with Gasteiger partial charge in [0.25, 0.3) is 0 Å². The highest BCUT2D eigenvalue weighted by atomic mass is 35.5. The molecule has 100 valence electrons. The largest absolute Gasteiger partial charge is 0.496 e. The van der Waals surface area contributed by atoms with E-state index in [-0.39, 0.29) is 0 Å². The van der Waals surface area contributed by atoms with E-state index in [9.17, 15) is 0 Å². The first-order valence-corrected chi connectivity index (χ1v) is 6.66. The Hall–Kier alpha value is -0.770. The normalized spacial score (nSPS) is 18.0. The molecule has 1 aliphatic heterocycles. The van der Waals surface area contributed by atoms with E-state index in [1.54, 1.807) is 7.11 Å². The topological polar surface area (TPSA) is 27.7 Å². The molecule has 0 N–H and O–H groups in total. The fourth-order valence-corrected chi connectivity index (χ4v) is 2.52. The second-order valence-electron chi connectivity index (χ2n) is 4.53. The van der Waals surface area contributed by atoms with E-state index in [0.29, 0.717) is 25.5 Å². The molecule has 1 aromatic rings. The highest BCUT2D eigenvalue weighted by Crippen LogP contribution is 2.41. The van der Waals surface area contributed by atoms with Crippen LogP contribution in [0.25, 0.3) is 0 Å². The standard InChI is InChI=1S/C14H19ClO3/c1-10-8-12(13(16-3)9-11(10)2)14(4-5-15)17-6-7-18-14/h8-9H,4-7H2,1-3H3. The van der Waals surface area contributed by atoms with E-state index >= 15 is 0 Å². The van der Waals surface area contributed by atoms with Crippen molar-refractivity contribution in [3.8, 4) is 5.75 Å². The molecule has 1 saturated heterocycles. The van der Waals surface area contributed by atoms with Crippen molar-refractivity contribution in [2.45, 2.75) is 26.1 Å². The van der Waals surface area contributed by atoms with Gasteiger partial charge in [-0.1, -0.05) is 0 Å². The first kappa shape index (κ1) is 13.7. The Labute approximate surface area is 113 Å². The fraction of sp³-hybridized carbons (Fsp3) is 0.571. The monoisotopic (exact) mass is 270 g/mol. The Kier molecular flexibility index (Phi) is 4.15. The summed E-state index contributed by atoms with van der Waals surface area (Å²) in [5.41, 5.74) is 3.32. The lowest BCUT2D eigenvalue weighted by atomic mass is 9.97. The summed E-state index contributed by atoms with van der Waals surface area (Å²) in [7, 11) is 1.66. The van der Waals surface area contributed by atoms with Crippen LogP contribution in [0.4, 0.5) is 0 Å². The minimum atomic E-state index is -0.744. The number of halogens is 1. The van der Waals surface area contributed by atoms with Gasteiger partial charge >= 0.3 is 0 Å². The average Bonchev–Trinajstić information content (AvgIpc) is 2.82. The van der Waals surface area contributed by atoms with E-state index in [1.807, 2.05) is 6.07 Å². The Bertz CT molecular complexity index is 425. The zero-order valence-electron chi connectivity index (χ0n) is 11.1. The molecule has 1 fully saturated rings. The van der Waals surface area contributed by atoms with Crippen LogP contribution in [0.3, 0.4) is 0 Å². The molecule has 1 heterocycles. The summed E-state index contributed by atoms with van der Waals surface area (Å²) in [5, 5.41) is 0. The predicted octanol–water partition coefficient (Wildman–Crippen LogP) is 3.14. The van der Waals surface area contributed by atoms with E-state index in [2.05, 4.69) is 19.9 Å². The van der Waals surface area contributed by atoms with Gasteiger partial charge in [0.2, 0.25) is 0 Å². The molecule has 1 aliphatic rings. The first-order valence-electron chi connectivity index (χ1n) is 6.12. The summed E-state index contributed by atoms with van der Waals surface area (Å²) in [5.74, 6) is 0.534. The predicted molar refractivity (Wildman–Crippen MR) is 71.4 cm³/mol. The summed E-state index contributed by atoms with van der Waals surface area (Å²) in [6, 6.07) is 4.09. The molecule has 0 bridgehead atoms. The van der Waals surface area contributed by atoms with Crippen molar-refractivity contribution in [2.24, 2.45) is 0 Å². The summed E-state index contributed by atoms with van der Waals surface area (Å²) in [4.78, 5) is 0. The van der Waals surface area contributed by atoms with Crippen LogP contribution in [0, 0.1) is 13.8 Å². The number of ether oxygens (including phenoxy) is 3. The van der Waals surface area contributed by atoms with Crippen LogP contribution < -0.4 is 4.74 Å². The van der Waals surface area contributed by atoms with Gasteiger partial charge in [-0.3, -0.25) is 0 Å². The average molecular weight is 271 g/mol. The van der Waals surface area contributed by atoms with Crippen molar-refractivity contribution < 1.29 is 14.2 Å². The van der Waals surface area contributed by atoms with Crippen molar-refractivity contribution >= 4 is 11.6 Å². The van der Waals surface area contributed by atoms with Crippen molar-refractivity contribution in [3.05, 3.63) is 28.8 Å². The summed E-state index contributed by atoms with van der Waals surface area (Å²) in [6.45, 7) is 5.31. The van der Waals surface area contributed by atoms with Gasteiger partial charge in [0.05, 0.1) is 25.9 Å². The van der Waals surface area contributed by atoms with Crippen LogP contribution in [-0.2, 0) is 15.3 Å². The van der Waals surface area contributed by atoms with Crippen LogP contribution in [0.1, 0.15) is 23.1 Å². The molecular formula is C14H19ClO3. The number of aryl methyl sites for hydroxylation is 2. The Morgan fingerprint density at radius 1 is 1.22 bits per heavy atom. The Morgan fingerprint density at radius 2 is 1.83 bits per heavy atom. The number of rotatable bonds is 4. The third kappa shape index (κ3) is 2.35. The third-order valence-corrected chi connectivity index (χ3v) is 3.59. The van der Waals surface area contributed by atoms with E-state index in [4.69, 9.17) is 25.8 Å². The van der Waals surface area contributed by atoms with Gasteiger partial charge in [-0.25, -0.2) is 0 Å². The van der Waals surface area contributed by atoms with Crippen LogP contribution in [0.15, 0.2) is 12.1 Å². The van der Waals surface area contributed by atoms with Crippen molar-refractivity contribution in [3.63, 3.8) is 0 Å². The maximum absolute atomic E-state index is 5.89. The van der Waals surface area contributed by atoms with Crippen LogP contribution >= 0.6 is 11.6 Å². The number of hydrogen-bond donors (Lipinski definition) is 0. The molecule has 0 saturated carbocycles. The van der Waals surface area contributed by atoms with Gasteiger partial charge in [-0.2, -0.15) is 0 Å². The van der Waals surface area contributed by atoms with Crippen molar-refractivity contribution in [2.75, 3.05) is 26.2 Å². The van der Waals surface area contributed by atoms with Crippen LogP contribution in [-0.4, -0.2) is 26.2 Å². The third-order valence-electron chi connectivity index (χ3n) is 3.40. The lowest BCUT2D eigenvalue weighted by molar-refractivity contribution is -0.167. The summed E-state index contributed by atoms with van der Waals surface area (Å²) >= 11 is 5.89. The summed E-state index contributed by atoms with van der Waals surface area (Å²) in [6.07, 6.45) is 0.618. The molecule has 3 nitrogen and oxygen atoms in total. The van der Waals surface area contributed by atoms with Gasteiger partial charge < -0.3 is 14.2 Å². The van der Waals surface area contributed by atoms with Crippen LogP contribution in [0.5, 0.6) is 5.75 Å². The second-order valence-corrected chi connectivity index (χ2v) is 4.90. The quantitative estimate of drug-likeness (QED) is 0.787. The fourth-order valence-electron chi connectivity index (χ4n) is 2.27. The lowest BCUT2D eigenvalue weighted by Gasteiger charge is -2.29. The minimum Gasteiger partial charge on any atom is -0.496 e. The summed E-state index contributed by atoms with van der Waals surface area (Å²) < 4.78 is 17.1. The maximum atomic E-state index is 5.89. The first-order chi connectivity index (χ1) is 8.63. The van der Waals surface area contributed by atoms with Crippen LogP contribution in [0.2, 0.25) is 0 Å². The highest BCUT2D eigenvalue weighted by molar-refractivity contribution is 6.17. The molecule has 0 atom stereocenters. The molecule has 18 heavy (non-hydrogen) atoms. The van der Waals surface area contributed by atoms with Gasteiger partial charge in [0.1, 0.15) is 5.75 Å². The molecular weight excluding hydrogens is 252 g/mol. The molecule has 2 rings (SSSR count). The number of benzene rings is 1. The van der Waals surface area contributed by atoms with Gasteiger partial charge in [-0.15, -0.1) is 11.6 Å². The van der Waals surface area contributed by atoms with E-state index in [0.717, 1.165) is 11.3 Å². The van der Waals surface area contributed by atoms with Gasteiger partial charge in [0.15, 0.2) is 5.79 Å². The zero-order valence-corrected chi connectivity index (χ0v) is 11.8. The molecule has 0 spiro atoms. The van der Waals surface area contributed by atoms with Gasteiger partial charge in [-0.05, 0) is 37.1 Å². The number of hydrogen-bond acceptors (Lipinski definition) is 3. The second kappa shape index (κ2) is 5.47. The van der Waals surface area contributed by atoms with E-state index < -0.39 is 5.79 Å². The molecule has 4 heteroatoms. The molecule has 1 aromatic carbocycles. The highest BCUT2D eigenvalue weighted by Gasteiger charge is 2.40. The Balaban J connectivity index is 2.49. The molecule has 0 aliphatic carbocycles. The molecule has 0 amide bonds. The molecule has 0 unspecified atom stereocenters. The lowest BCUT2D eigenvalue weighted by Crippen LogP contribution is -2.28. The minimum absolute atomic E-state index is 0.482. The van der Waals surface area contributed by atoms with E-state index in [1.165, 1.54) is 11.1 Å². The number of methoxy groups -OCH3 is 1. The van der Waals surface area contributed by atoms with Crippen molar-refractivity contribution in [1.29, 1.82) is 0 Å². The number of alkyl halides is 1.